The summed E-state index contributed by atoms with van der Waals surface area (Å²) in [5.41, 5.74) is 0.330. The Kier molecular flexibility index (Phi) is 6.82. The molecule has 0 saturated carbocycles. The Morgan fingerprint density at radius 1 is 1.16 bits per heavy atom. The largest absolute Gasteiger partial charge is 0.456 e. The second kappa shape index (κ2) is 9.08. The average Bonchev–Trinajstić information content (AvgIpc) is 3.13. The number of benzene rings is 1. The predicted octanol–water partition coefficient (Wildman–Crippen LogP) is 3.27. The van der Waals surface area contributed by atoms with Crippen LogP contribution in [0.1, 0.15) is 41.0 Å². The number of carbonyl (C=O) groups is 3. The zero-order valence-electron chi connectivity index (χ0n) is 13.7. The van der Waals surface area contributed by atoms with Crippen molar-refractivity contribution in [1.29, 1.82) is 0 Å². The first-order chi connectivity index (χ1) is 12.0. The van der Waals surface area contributed by atoms with Crippen LogP contribution in [0.25, 0.3) is 0 Å². The van der Waals surface area contributed by atoms with Crippen molar-refractivity contribution in [2.45, 2.75) is 25.8 Å². The maximum atomic E-state index is 12.8. The molecule has 5 nitrogen and oxygen atoms in total. The molecule has 1 aromatic heterocycles. The van der Waals surface area contributed by atoms with Crippen LogP contribution in [0, 0.1) is 5.82 Å². The van der Waals surface area contributed by atoms with Crippen LogP contribution >= 0.6 is 11.3 Å². The predicted molar refractivity (Wildman–Crippen MR) is 91.8 cm³/mol. The highest BCUT2D eigenvalue weighted by atomic mass is 32.1. The Bertz CT molecular complexity index is 728. The van der Waals surface area contributed by atoms with Gasteiger partial charge in [0, 0.05) is 16.9 Å². The van der Waals surface area contributed by atoms with Crippen LogP contribution in [0.3, 0.4) is 0 Å². The number of amides is 1. The SMILES string of the molecule is C[C@@H](NC(=O)COC(=O)CCC(=O)c1ccc(F)cc1)c1cccs1. The molecule has 7 heteroatoms. The van der Waals surface area contributed by atoms with Gasteiger partial charge in [-0.15, -0.1) is 11.3 Å². The number of rotatable bonds is 8. The van der Waals surface area contributed by atoms with Crippen molar-refractivity contribution < 1.29 is 23.5 Å². The van der Waals surface area contributed by atoms with Gasteiger partial charge in [0.1, 0.15) is 5.82 Å². The second-order valence-electron chi connectivity index (χ2n) is 5.40. The summed E-state index contributed by atoms with van der Waals surface area (Å²) in [5.74, 6) is -1.75. The Labute approximate surface area is 148 Å². The minimum absolute atomic E-state index is 0.0579. The van der Waals surface area contributed by atoms with Crippen LogP contribution in [-0.4, -0.2) is 24.3 Å². The van der Waals surface area contributed by atoms with Crippen molar-refractivity contribution in [3.05, 3.63) is 58.0 Å². The van der Waals surface area contributed by atoms with Gasteiger partial charge >= 0.3 is 5.97 Å². The van der Waals surface area contributed by atoms with Crippen LogP contribution in [0.4, 0.5) is 4.39 Å². The molecule has 0 spiro atoms. The maximum Gasteiger partial charge on any atom is 0.306 e. The number of hydrogen-bond donors (Lipinski definition) is 1. The first-order valence-corrected chi connectivity index (χ1v) is 8.61. The molecule has 25 heavy (non-hydrogen) atoms. The molecule has 0 unspecified atom stereocenters. The van der Waals surface area contributed by atoms with Crippen molar-refractivity contribution in [3.8, 4) is 0 Å². The van der Waals surface area contributed by atoms with Crippen molar-refractivity contribution in [1.82, 2.24) is 5.32 Å². The summed E-state index contributed by atoms with van der Waals surface area (Å²) in [6.07, 6.45) is -0.193. The smallest absolute Gasteiger partial charge is 0.306 e. The standard InChI is InChI=1S/C18H18FNO4S/c1-12(16-3-2-10-25-16)20-17(22)11-24-18(23)9-8-15(21)13-4-6-14(19)7-5-13/h2-7,10,12H,8-9,11H2,1H3,(H,20,22)/t12-/m1/s1. The molecule has 1 N–H and O–H groups in total. The lowest BCUT2D eigenvalue weighted by Gasteiger charge is -2.12. The molecule has 0 bridgehead atoms. The molecular weight excluding hydrogens is 345 g/mol. The van der Waals surface area contributed by atoms with Gasteiger partial charge in [0.2, 0.25) is 0 Å². The van der Waals surface area contributed by atoms with E-state index >= 15 is 0 Å². The fourth-order valence-electron chi connectivity index (χ4n) is 2.11. The van der Waals surface area contributed by atoms with Crippen molar-refractivity contribution in [3.63, 3.8) is 0 Å². The molecule has 0 aliphatic heterocycles. The number of Topliss-reactive ketones (excluding diaryl/α,β-unsaturated/α-hetero) is 1. The summed E-state index contributed by atoms with van der Waals surface area (Å²) in [7, 11) is 0. The quantitative estimate of drug-likeness (QED) is 0.577. The number of esters is 1. The molecule has 0 saturated heterocycles. The van der Waals surface area contributed by atoms with Crippen molar-refractivity contribution in [2.24, 2.45) is 0 Å². The molecule has 0 aliphatic rings. The van der Waals surface area contributed by atoms with Gasteiger partial charge < -0.3 is 10.1 Å². The Balaban J connectivity index is 1.68. The topological polar surface area (TPSA) is 72.5 Å². The molecule has 2 aromatic rings. The minimum Gasteiger partial charge on any atom is -0.456 e. The molecule has 0 radical (unpaired) electrons. The summed E-state index contributed by atoms with van der Waals surface area (Å²) in [4.78, 5) is 36.3. The third-order valence-electron chi connectivity index (χ3n) is 3.43. The van der Waals surface area contributed by atoms with E-state index in [1.165, 1.54) is 35.6 Å². The summed E-state index contributed by atoms with van der Waals surface area (Å²) in [6, 6.07) is 8.73. The lowest BCUT2D eigenvalue weighted by Crippen LogP contribution is -2.30. The van der Waals surface area contributed by atoms with Crippen LogP contribution in [0.2, 0.25) is 0 Å². The monoisotopic (exact) mass is 363 g/mol. The molecule has 1 aromatic carbocycles. The van der Waals surface area contributed by atoms with E-state index < -0.39 is 17.7 Å². The lowest BCUT2D eigenvalue weighted by molar-refractivity contribution is -0.148. The number of hydrogen-bond acceptors (Lipinski definition) is 5. The van der Waals surface area contributed by atoms with Gasteiger partial charge in [0.15, 0.2) is 12.4 Å². The highest BCUT2D eigenvalue weighted by Gasteiger charge is 2.14. The van der Waals surface area contributed by atoms with Crippen LogP contribution in [0.15, 0.2) is 41.8 Å². The third kappa shape index (κ3) is 6.11. The van der Waals surface area contributed by atoms with Crippen LogP contribution < -0.4 is 5.32 Å². The highest BCUT2D eigenvalue weighted by Crippen LogP contribution is 2.17. The maximum absolute atomic E-state index is 12.8. The summed E-state index contributed by atoms with van der Waals surface area (Å²) >= 11 is 1.52. The van der Waals surface area contributed by atoms with Gasteiger partial charge in [0.05, 0.1) is 12.5 Å². The van der Waals surface area contributed by atoms with E-state index in [2.05, 4.69) is 5.32 Å². The van der Waals surface area contributed by atoms with Gasteiger partial charge in [0.25, 0.3) is 5.91 Å². The Morgan fingerprint density at radius 3 is 2.52 bits per heavy atom. The third-order valence-corrected chi connectivity index (χ3v) is 4.49. The van der Waals surface area contributed by atoms with Gasteiger partial charge in [-0.3, -0.25) is 14.4 Å². The number of halogens is 1. The summed E-state index contributed by atoms with van der Waals surface area (Å²) < 4.78 is 17.7. The minimum atomic E-state index is -0.630. The molecule has 1 atom stereocenters. The first-order valence-electron chi connectivity index (χ1n) is 7.73. The number of thiophene rings is 1. The van der Waals surface area contributed by atoms with Crippen molar-refractivity contribution in [2.75, 3.05) is 6.61 Å². The Morgan fingerprint density at radius 2 is 1.88 bits per heavy atom. The number of carbonyl (C=O) groups excluding carboxylic acids is 3. The van der Waals surface area contributed by atoms with Crippen LogP contribution in [-0.2, 0) is 14.3 Å². The second-order valence-corrected chi connectivity index (χ2v) is 6.37. The lowest BCUT2D eigenvalue weighted by atomic mass is 10.1. The Hall–Kier alpha value is -2.54. The van der Waals surface area contributed by atoms with Crippen molar-refractivity contribution >= 4 is 29.0 Å². The van der Waals surface area contributed by atoms with E-state index in [1.54, 1.807) is 0 Å². The molecule has 0 aliphatic carbocycles. The number of ether oxygens (including phenoxy) is 1. The van der Waals surface area contributed by atoms with Crippen LogP contribution in [0.5, 0.6) is 0 Å². The van der Waals surface area contributed by atoms with E-state index in [9.17, 15) is 18.8 Å². The fourth-order valence-corrected chi connectivity index (χ4v) is 2.84. The molecular formula is C18H18FNO4S. The van der Waals surface area contributed by atoms with E-state index in [4.69, 9.17) is 4.74 Å². The number of ketones is 1. The zero-order valence-corrected chi connectivity index (χ0v) is 14.5. The van der Waals surface area contributed by atoms with E-state index in [-0.39, 0.29) is 31.3 Å². The molecule has 1 amide bonds. The average molecular weight is 363 g/mol. The molecule has 0 fully saturated rings. The first kappa shape index (κ1) is 18.8. The van der Waals surface area contributed by atoms with E-state index in [0.29, 0.717) is 5.56 Å². The van der Waals surface area contributed by atoms with Gasteiger partial charge in [-0.2, -0.15) is 0 Å². The van der Waals surface area contributed by atoms with Gasteiger partial charge in [-0.05, 0) is 42.6 Å². The summed E-state index contributed by atoms with van der Waals surface area (Å²) in [5, 5.41) is 4.64. The van der Waals surface area contributed by atoms with Gasteiger partial charge in [-0.1, -0.05) is 6.07 Å². The normalized spacial score (nSPS) is 11.6. The molecule has 2 rings (SSSR count). The van der Waals surface area contributed by atoms with Gasteiger partial charge in [-0.25, -0.2) is 4.39 Å². The number of nitrogens with one attached hydrogen (secondary N) is 1. The fraction of sp³-hybridized carbons (Fsp3) is 0.278. The summed E-state index contributed by atoms with van der Waals surface area (Å²) in [6.45, 7) is 1.45. The van der Waals surface area contributed by atoms with E-state index in [1.807, 2.05) is 24.4 Å². The zero-order chi connectivity index (χ0) is 18.2. The molecule has 1 heterocycles. The van der Waals surface area contributed by atoms with E-state index in [0.717, 1.165) is 4.88 Å². The molecule has 132 valence electrons. The highest BCUT2D eigenvalue weighted by molar-refractivity contribution is 7.10.